The molecule has 0 saturated heterocycles. The molecule has 0 aliphatic heterocycles. The normalized spacial score (nSPS) is 10.8. The molecule has 3 nitrogen and oxygen atoms in total. The van der Waals surface area contributed by atoms with Gasteiger partial charge in [-0.25, -0.2) is 18.7 Å². The lowest BCUT2D eigenvalue weighted by molar-refractivity contribution is 0.565. The van der Waals surface area contributed by atoms with E-state index >= 15 is 0 Å². The van der Waals surface area contributed by atoms with Gasteiger partial charge < -0.3 is 0 Å². The van der Waals surface area contributed by atoms with Crippen LogP contribution in [-0.2, 0) is 0 Å². The fraction of sp³-hybridized carbons (Fsp3) is 0.118. The molecule has 0 unspecified atom stereocenters. The van der Waals surface area contributed by atoms with Crippen LogP contribution in [0.25, 0.3) is 11.5 Å². The van der Waals surface area contributed by atoms with E-state index in [-0.39, 0.29) is 0 Å². The van der Waals surface area contributed by atoms with Crippen molar-refractivity contribution in [3.8, 4) is 11.5 Å². The first-order chi connectivity index (χ1) is 11.0. The van der Waals surface area contributed by atoms with E-state index in [0.29, 0.717) is 21.4 Å². The lowest BCUT2D eigenvalue weighted by atomic mass is 10.2. The van der Waals surface area contributed by atoms with Crippen LogP contribution in [-0.4, -0.2) is 15.0 Å². The Kier molecular flexibility index (Phi) is 4.34. The Hall–Kier alpha value is -2.34. The fourth-order valence-corrected chi connectivity index (χ4v) is 2.91. The predicted octanol–water partition coefficient (Wildman–Crippen LogP) is 4.58. The molecule has 23 heavy (non-hydrogen) atoms. The maximum Gasteiger partial charge on any atom is 0.179 e. The number of hydrogen-bond donors (Lipinski definition) is 0. The van der Waals surface area contributed by atoms with Crippen molar-refractivity contribution in [2.45, 2.75) is 23.8 Å². The predicted molar refractivity (Wildman–Crippen MR) is 85.2 cm³/mol. The number of halogens is 2. The molecular formula is C17H13F2N3S. The van der Waals surface area contributed by atoms with Crippen molar-refractivity contribution in [2.75, 3.05) is 0 Å². The van der Waals surface area contributed by atoms with Gasteiger partial charge in [0, 0.05) is 28.4 Å². The number of nitrogens with zero attached hydrogens (tertiary/aromatic N) is 3. The van der Waals surface area contributed by atoms with E-state index in [1.54, 1.807) is 6.20 Å². The van der Waals surface area contributed by atoms with Crippen LogP contribution in [0.15, 0.2) is 52.5 Å². The average molecular weight is 329 g/mol. The van der Waals surface area contributed by atoms with E-state index in [2.05, 4.69) is 15.0 Å². The summed E-state index contributed by atoms with van der Waals surface area (Å²) >= 11 is 1.15. The van der Waals surface area contributed by atoms with Gasteiger partial charge in [-0.3, -0.25) is 4.98 Å². The van der Waals surface area contributed by atoms with Crippen LogP contribution in [0.3, 0.4) is 0 Å². The molecule has 2 heterocycles. The van der Waals surface area contributed by atoms with E-state index in [1.807, 2.05) is 32.0 Å². The lowest BCUT2D eigenvalue weighted by Gasteiger charge is -2.10. The van der Waals surface area contributed by atoms with Gasteiger partial charge in [-0.2, -0.15) is 0 Å². The van der Waals surface area contributed by atoms with Gasteiger partial charge in [0.25, 0.3) is 0 Å². The Morgan fingerprint density at radius 3 is 2.52 bits per heavy atom. The van der Waals surface area contributed by atoms with E-state index in [0.717, 1.165) is 29.1 Å². The van der Waals surface area contributed by atoms with Gasteiger partial charge in [-0.1, -0.05) is 17.8 Å². The highest BCUT2D eigenvalue weighted by atomic mass is 32.2. The zero-order valence-corrected chi connectivity index (χ0v) is 13.4. The summed E-state index contributed by atoms with van der Waals surface area (Å²) in [6.07, 6.45) is 1.67. The van der Waals surface area contributed by atoms with Gasteiger partial charge in [0.05, 0.1) is 0 Å². The summed E-state index contributed by atoms with van der Waals surface area (Å²) in [4.78, 5) is 13.5. The van der Waals surface area contributed by atoms with Gasteiger partial charge in [-0.05, 0) is 38.1 Å². The van der Waals surface area contributed by atoms with Crippen LogP contribution < -0.4 is 0 Å². The van der Waals surface area contributed by atoms with Crippen LogP contribution in [0.1, 0.15) is 11.3 Å². The van der Waals surface area contributed by atoms with Gasteiger partial charge in [-0.15, -0.1) is 0 Å². The second-order valence-electron chi connectivity index (χ2n) is 4.95. The van der Waals surface area contributed by atoms with E-state index < -0.39 is 11.6 Å². The molecule has 116 valence electrons. The number of pyridine rings is 1. The summed E-state index contributed by atoms with van der Waals surface area (Å²) in [6, 6.07) is 8.99. The molecule has 0 radical (unpaired) electrons. The molecule has 0 atom stereocenters. The maximum atomic E-state index is 13.9. The van der Waals surface area contributed by atoms with Crippen LogP contribution >= 0.6 is 11.8 Å². The lowest BCUT2D eigenvalue weighted by Crippen LogP contribution is -2.00. The van der Waals surface area contributed by atoms with Crippen LogP contribution in [0, 0.1) is 25.5 Å². The van der Waals surface area contributed by atoms with Gasteiger partial charge in [0.15, 0.2) is 5.82 Å². The molecule has 3 rings (SSSR count). The van der Waals surface area contributed by atoms with Crippen molar-refractivity contribution >= 4 is 11.8 Å². The second-order valence-corrected chi connectivity index (χ2v) is 5.99. The zero-order valence-electron chi connectivity index (χ0n) is 12.5. The average Bonchev–Trinajstić information content (AvgIpc) is 2.55. The highest BCUT2D eigenvalue weighted by molar-refractivity contribution is 7.99. The number of hydrogen-bond acceptors (Lipinski definition) is 4. The Bertz CT molecular complexity index is 854. The van der Waals surface area contributed by atoms with Crippen LogP contribution in [0.4, 0.5) is 8.78 Å². The molecule has 0 fully saturated rings. The Labute approximate surface area is 136 Å². The van der Waals surface area contributed by atoms with Crippen molar-refractivity contribution < 1.29 is 8.78 Å². The minimum absolute atomic E-state index is 0.319. The standard InChI is InChI=1S/C17H13F2N3S/c1-10-11(2)21-16(14-5-3-4-8-20-14)22-17(10)23-15-7-6-12(18)9-13(15)19/h3-9H,1-2H3. The fourth-order valence-electron chi connectivity index (χ4n) is 1.97. The third-order valence-corrected chi connectivity index (χ3v) is 4.48. The minimum Gasteiger partial charge on any atom is -0.253 e. The number of aryl methyl sites for hydroxylation is 1. The van der Waals surface area contributed by atoms with Crippen molar-refractivity contribution in [3.63, 3.8) is 0 Å². The molecule has 0 N–H and O–H groups in total. The molecule has 3 aromatic rings. The highest BCUT2D eigenvalue weighted by Crippen LogP contribution is 2.32. The molecule has 0 spiro atoms. The third-order valence-electron chi connectivity index (χ3n) is 3.34. The summed E-state index contributed by atoms with van der Waals surface area (Å²) in [7, 11) is 0. The van der Waals surface area contributed by atoms with Crippen LogP contribution in [0.2, 0.25) is 0 Å². The monoisotopic (exact) mass is 329 g/mol. The van der Waals surface area contributed by atoms with E-state index in [9.17, 15) is 8.78 Å². The minimum atomic E-state index is -0.606. The summed E-state index contributed by atoms with van der Waals surface area (Å²) in [5, 5.41) is 0.628. The van der Waals surface area contributed by atoms with Crippen molar-refractivity contribution in [1.29, 1.82) is 0 Å². The van der Waals surface area contributed by atoms with Gasteiger partial charge in [0.1, 0.15) is 22.4 Å². The highest BCUT2D eigenvalue weighted by Gasteiger charge is 2.14. The SMILES string of the molecule is Cc1nc(-c2ccccn2)nc(Sc2ccc(F)cc2F)c1C. The molecule has 0 aliphatic rings. The van der Waals surface area contributed by atoms with Crippen LogP contribution in [0.5, 0.6) is 0 Å². The van der Waals surface area contributed by atoms with E-state index in [1.165, 1.54) is 12.1 Å². The smallest absolute Gasteiger partial charge is 0.179 e. The zero-order chi connectivity index (χ0) is 16.4. The molecule has 0 amide bonds. The van der Waals surface area contributed by atoms with Crippen molar-refractivity contribution in [1.82, 2.24) is 15.0 Å². The molecular weight excluding hydrogens is 316 g/mol. The number of benzene rings is 1. The largest absolute Gasteiger partial charge is 0.253 e. The molecule has 0 bridgehead atoms. The summed E-state index contributed by atoms with van der Waals surface area (Å²) in [5.41, 5.74) is 2.31. The van der Waals surface area contributed by atoms with Crippen molar-refractivity contribution in [2.24, 2.45) is 0 Å². The third kappa shape index (κ3) is 3.37. The quantitative estimate of drug-likeness (QED) is 0.659. The van der Waals surface area contributed by atoms with E-state index in [4.69, 9.17) is 0 Å². The first-order valence-electron chi connectivity index (χ1n) is 6.94. The Balaban J connectivity index is 2.03. The maximum absolute atomic E-state index is 13.9. The summed E-state index contributed by atoms with van der Waals surface area (Å²) in [5.74, 6) is -0.722. The first kappa shape index (κ1) is 15.6. The molecule has 0 aliphatic carbocycles. The molecule has 0 saturated carbocycles. The Morgan fingerprint density at radius 2 is 1.83 bits per heavy atom. The second kappa shape index (κ2) is 6.42. The summed E-state index contributed by atoms with van der Waals surface area (Å²) < 4.78 is 26.9. The summed E-state index contributed by atoms with van der Waals surface area (Å²) in [6.45, 7) is 3.75. The number of rotatable bonds is 3. The van der Waals surface area contributed by atoms with Crippen molar-refractivity contribution in [3.05, 3.63) is 65.5 Å². The Morgan fingerprint density at radius 1 is 1.00 bits per heavy atom. The van der Waals surface area contributed by atoms with Gasteiger partial charge in [0.2, 0.25) is 0 Å². The molecule has 6 heteroatoms. The molecule has 2 aromatic heterocycles. The molecule has 1 aromatic carbocycles. The topological polar surface area (TPSA) is 38.7 Å². The first-order valence-corrected chi connectivity index (χ1v) is 7.76. The number of aromatic nitrogens is 3. The van der Waals surface area contributed by atoms with Gasteiger partial charge >= 0.3 is 0 Å².